The molecule has 0 aliphatic rings. The van der Waals surface area contributed by atoms with Crippen LogP contribution in [0.4, 0.5) is 0 Å². The number of carbonyl (C=O) groups is 3. The van der Waals surface area contributed by atoms with Crippen LogP contribution in [0.1, 0.15) is 432 Å². The summed E-state index contributed by atoms with van der Waals surface area (Å²) in [6.07, 6.45) is 136. The first kappa shape index (κ1) is 123. The fourth-order valence-electron chi connectivity index (χ4n) is 14.1. The number of phosphoric ester groups is 2. The molecule has 0 amide bonds. The van der Waals surface area contributed by atoms with Gasteiger partial charge in [-0.15, -0.1) is 0 Å². The predicted octanol–water partition coefficient (Wildman–Crippen LogP) is 32.9. The van der Waals surface area contributed by atoms with Crippen LogP contribution in [-0.2, 0) is 55.8 Å². The minimum atomic E-state index is -4.95. The molecule has 0 bridgehead atoms. The molecule has 0 saturated heterocycles. The van der Waals surface area contributed by atoms with Crippen LogP contribution >= 0.6 is 15.6 Å². The van der Waals surface area contributed by atoms with E-state index in [1.165, 1.54) is 186 Å². The first-order chi connectivity index (χ1) is 63.2. The summed E-state index contributed by atoms with van der Waals surface area (Å²) in [4.78, 5) is 59.3. The number of allylic oxidation sites excluding steroid dienone is 32. The van der Waals surface area contributed by atoms with Gasteiger partial charge in [-0.05, 0) is 161 Å². The molecule has 0 aliphatic heterocycles. The van der Waals surface area contributed by atoms with E-state index in [2.05, 4.69) is 215 Å². The van der Waals surface area contributed by atoms with Gasteiger partial charge in [0, 0.05) is 19.3 Å². The second kappa shape index (κ2) is 101. The lowest BCUT2D eigenvalue weighted by molar-refractivity contribution is -0.161. The molecular formula is C111H188O16P2. The Balaban J connectivity index is 4.62. The molecule has 0 heterocycles. The number of unbranched alkanes of at least 4 members (excludes halogenated alkanes) is 42. The lowest BCUT2D eigenvalue weighted by Crippen LogP contribution is -2.30. The van der Waals surface area contributed by atoms with Crippen LogP contribution in [0.25, 0.3) is 0 Å². The minimum absolute atomic E-state index is 0.0979. The first-order valence-electron chi connectivity index (χ1n) is 51.7. The molecule has 16 nitrogen and oxygen atoms in total. The SMILES string of the molecule is CC/C=C\C/C=C\C/C=C\C/C=C\C/C=C\C/C=C\CCCCCCCCCCCCCCC(=O)OCC(COP(=O)(O)OCC(O)COP(=O)(O)OCC(O)COC(=O)CCCCCCCCCCCCCCCCCCC/C=C\C/C=C\C/C=C\C/C=C\C/C=C\CC)OC(=O)CCCCCCCCCCCCCCC/C=C\C/C=C\C/C=C\C/C=C\C/C=C\CC. The van der Waals surface area contributed by atoms with Crippen molar-refractivity contribution in [3.8, 4) is 0 Å². The summed E-state index contributed by atoms with van der Waals surface area (Å²) in [5.74, 6) is -1.57. The van der Waals surface area contributed by atoms with Crippen molar-refractivity contribution in [1.82, 2.24) is 0 Å². The Bertz CT molecular complexity index is 3130. The topological polar surface area (TPSA) is 231 Å². The summed E-state index contributed by atoms with van der Waals surface area (Å²) in [7, 11) is -9.82. The minimum Gasteiger partial charge on any atom is -0.463 e. The highest BCUT2D eigenvalue weighted by Gasteiger charge is 2.30. The lowest BCUT2D eigenvalue weighted by Gasteiger charge is -2.21. The van der Waals surface area contributed by atoms with Crippen molar-refractivity contribution in [1.29, 1.82) is 0 Å². The number of ether oxygens (including phenoxy) is 3. The third-order valence-corrected chi connectivity index (χ3v) is 23.7. The number of esters is 3. The fraction of sp³-hybridized carbons (Fsp3) is 0.685. The molecule has 5 unspecified atom stereocenters. The maximum absolute atomic E-state index is 13.1. The van der Waals surface area contributed by atoms with Crippen LogP contribution in [0.5, 0.6) is 0 Å². The number of aliphatic hydroxyl groups excluding tert-OH is 2. The summed E-state index contributed by atoms with van der Waals surface area (Å²) in [6, 6.07) is 0. The van der Waals surface area contributed by atoms with Gasteiger partial charge in [0.1, 0.15) is 25.4 Å². The molecule has 0 fully saturated rings. The van der Waals surface area contributed by atoms with E-state index in [4.69, 9.17) is 32.3 Å². The van der Waals surface area contributed by atoms with Crippen LogP contribution in [0, 0.1) is 0 Å². The summed E-state index contributed by atoms with van der Waals surface area (Å²) in [5, 5.41) is 20.8. The average Bonchev–Trinajstić information content (AvgIpc) is 0.898. The van der Waals surface area contributed by atoms with Gasteiger partial charge in [0.2, 0.25) is 0 Å². The van der Waals surface area contributed by atoms with Gasteiger partial charge in [0.25, 0.3) is 0 Å². The molecule has 0 spiro atoms. The van der Waals surface area contributed by atoms with Crippen LogP contribution in [0.2, 0.25) is 0 Å². The molecule has 0 aliphatic carbocycles. The molecule has 18 heteroatoms. The van der Waals surface area contributed by atoms with E-state index < -0.39 is 91.5 Å². The standard InChI is InChI=1S/C111H188O16P2/c1-4-7-10-13-16-19-22-25-28-31-34-37-40-43-46-49-51-52-54-57-58-61-64-67-70-73-76-79-82-85-88-91-94-97-109(114)121-100-106(112)101-123-128(117,118)124-102-107(113)103-125-129(119,120)126-105-108(127-111(116)99-96-93-90-87-84-81-78-75-72-69-66-63-60-55-48-45-42-39-36-33-30-27-24-21-18-15-12-9-6-3)104-122-110(115)98-95-92-89-86-83-80-77-74-71-68-65-62-59-56-53-50-47-44-41-38-35-32-29-26-23-20-17-14-11-8-5-2/h7-12,16-21,25-30,34-39,43-48,53,56,106-108,112-113H,4-6,13-15,22-24,31-33,40-42,49-52,54-55,57-105H2,1-3H3,(H,117,118)(H,119,120)/b10-7-,11-8-,12-9-,19-16-,20-17-,21-18-,28-25-,29-26-,30-27-,37-34-,38-35-,39-36-,46-43-,47-44-,48-45-,56-53-. The van der Waals surface area contributed by atoms with Crippen LogP contribution < -0.4 is 0 Å². The molecule has 5 atom stereocenters. The molecule has 4 N–H and O–H groups in total. The number of rotatable bonds is 97. The Morgan fingerprint density at radius 2 is 0.388 bits per heavy atom. The van der Waals surface area contributed by atoms with E-state index in [1.54, 1.807) is 0 Å². The van der Waals surface area contributed by atoms with Gasteiger partial charge >= 0.3 is 33.6 Å². The van der Waals surface area contributed by atoms with Crippen molar-refractivity contribution in [3.05, 3.63) is 194 Å². The summed E-state index contributed by atoms with van der Waals surface area (Å²) in [5.41, 5.74) is 0. The molecule has 0 rings (SSSR count). The number of hydrogen-bond acceptors (Lipinski definition) is 14. The number of aliphatic hydroxyl groups is 2. The highest BCUT2D eigenvalue weighted by atomic mass is 31.2. The predicted molar refractivity (Wildman–Crippen MR) is 546 cm³/mol. The van der Waals surface area contributed by atoms with E-state index in [0.717, 1.165) is 186 Å². The fourth-order valence-corrected chi connectivity index (χ4v) is 15.7. The second-order valence-electron chi connectivity index (χ2n) is 34.2. The van der Waals surface area contributed by atoms with E-state index in [-0.39, 0.29) is 19.3 Å². The molecule has 0 aromatic carbocycles. The van der Waals surface area contributed by atoms with Gasteiger partial charge in [-0.2, -0.15) is 0 Å². The maximum atomic E-state index is 13.1. The number of phosphoric acid groups is 2. The molecular weight excluding hydrogens is 1650 g/mol. The van der Waals surface area contributed by atoms with Gasteiger partial charge in [-0.25, -0.2) is 9.13 Å². The van der Waals surface area contributed by atoms with Gasteiger partial charge in [-0.3, -0.25) is 32.5 Å². The third kappa shape index (κ3) is 103. The molecule has 0 aromatic rings. The second-order valence-corrected chi connectivity index (χ2v) is 37.1. The maximum Gasteiger partial charge on any atom is 0.472 e. The van der Waals surface area contributed by atoms with Crippen molar-refractivity contribution >= 4 is 33.6 Å². The molecule has 0 aromatic heterocycles. The van der Waals surface area contributed by atoms with Crippen molar-refractivity contribution < 1.29 is 75.8 Å². The Hall–Kier alpha value is -5.61. The van der Waals surface area contributed by atoms with Crippen molar-refractivity contribution in [2.24, 2.45) is 0 Å². The zero-order chi connectivity index (χ0) is 93.5. The van der Waals surface area contributed by atoms with Crippen molar-refractivity contribution in [2.45, 2.75) is 450 Å². The van der Waals surface area contributed by atoms with E-state index in [1.807, 2.05) is 0 Å². The Morgan fingerprint density at radius 3 is 0.612 bits per heavy atom. The van der Waals surface area contributed by atoms with Crippen LogP contribution in [0.15, 0.2) is 194 Å². The normalized spacial score (nSPS) is 14.4. The van der Waals surface area contributed by atoms with Crippen LogP contribution in [0.3, 0.4) is 0 Å². The number of carbonyl (C=O) groups excluding carboxylic acids is 3. The highest BCUT2D eigenvalue weighted by molar-refractivity contribution is 7.47. The largest absolute Gasteiger partial charge is 0.472 e. The van der Waals surface area contributed by atoms with Crippen molar-refractivity contribution in [2.75, 3.05) is 39.6 Å². The smallest absolute Gasteiger partial charge is 0.463 e. The Labute approximate surface area is 788 Å². The van der Waals surface area contributed by atoms with Crippen molar-refractivity contribution in [3.63, 3.8) is 0 Å². The molecule has 738 valence electrons. The van der Waals surface area contributed by atoms with Gasteiger partial charge < -0.3 is 34.2 Å². The summed E-state index contributed by atoms with van der Waals surface area (Å²) in [6.45, 7) is 2.41. The van der Waals surface area contributed by atoms with Gasteiger partial charge in [0.15, 0.2) is 6.10 Å². The van der Waals surface area contributed by atoms with Crippen LogP contribution in [-0.4, -0.2) is 95.9 Å². The highest BCUT2D eigenvalue weighted by Crippen LogP contribution is 2.45. The van der Waals surface area contributed by atoms with E-state index in [9.17, 15) is 43.5 Å². The zero-order valence-corrected chi connectivity index (χ0v) is 83.6. The summed E-state index contributed by atoms with van der Waals surface area (Å²) >= 11 is 0. The van der Waals surface area contributed by atoms with Gasteiger partial charge in [0.05, 0.1) is 26.4 Å². The molecule has 0 saturated carbocycles. The lowest BCUT2D eigenvalue weighted by atomic mass is 10.0. The van der Waals surface area contributed by atoms with E-state index in [0.29, 0.717) is 19.3 Å². The summed E-state index contributed by atoms with van der Waals surface area (Å²) < 4.78 is 61.7. The molecule has 0 radical (unpaired) electrons. The Kier molecular flexibility index (Phi) is 97.0. The monoisotopic (exact) mass is 1840 g/mol. The zero-order valence-electron chi connectivity index (χ0n) is 81.8. The Morgan fingerprint density at radius 1 is 0.217 bits per heavy atom. The van der Waals surface area contributed by atoms with E-state index >= 15 is 0 Å². The molecule has 129 heavy (non-hydrogen) atoms. The van der Waals surface area contributed by atoms with Gasteiger partial charge in [-0.1, -0.05) is 446 Å². The average molecular weight is 1840 g/mol. The first-order valence-corrected chi connectivity index (χ1v) is 54.7. The quantitative estimate of drug-likeness (QED) is 0.0146. The third-order valence-electron chi connectivity index (χ3n) is 21.8. The number of hydrogen-bond donors (Lipinski definition) is 4.